The van der Waals surface area contributed by atoms with E-state index < -0.39 is 12.2 Å². The summed E-state index contributed by atoms with van der Waals surface area (Å²) in [5.74, 6) is 0. The van der Waals surface area contributed by atoms with Crippen LogP contribution in [0.25, 0.3) is 5.57 Å². The molecule has 1 aromatic carbocycles. The van der Waals surface area contributed by atoms with Gasteiger partial charge in [0.2, 0.25) is 0 Å². The van der Waals surface area contributed by atoms with E-state index >= 15 is 0 Å². The maximum Gasteiger partial charge on any atom is 0.429 e. The number of amides is 2. The Morgan fingerprint density at radius 1 is 1.07 bits per heavy atom. The van der Waals surface area contributed by atoms with Gasteiger partial charge < -0.3 is 14.4 Å². The Morgan fingerprint density at radius 2 is 1.74 bits per heavy atom. The third kappa shape index (κ3) is 3.93. The minimum atomic E-state index is -0.536. The van der Waals surface area contributed by atoms with Crippen molar-refractivity contribution in [2.24, 2.45) is 0 Å². The number of carbonyl (C=O) groups excluding carboxylic acids is 2. The molecule has 1 aromatic rings. The predicted molar refractivity (Wildman–Crippen MR) is 102 cm³/mol. The second kappa shape index (κ2) is 8.43. The average Bonchev–Trinajstić information content (AvgIpc) is 2.67. The molecule has 2 aliphatic heterocycles. The molecule has 7 heteroatoms. The molecule has 0 radical (unpaired) electrons. The zero-order chi connectivity index (χ0) is 19.4. The summed E-state index contributed by atoms with van der Waals surface area (Å²) in [7, 11) is 2.02. The molecule has 0 saturated carbocycles. The molecule has 1 saturated heterocycles. The number of hydrogen-bond acceptors (Lipinski definition) is 5. The van der Waals surface area contributed by atoms with Crippen molar-refractivity contribution in [3.8, 4) is 0 Å². The largest absolute Gasteiger partial charge is 0.448 e. The van der Waals surface area contributed by atoms with E-state index in [0.717, 1.165) is 24.1 Å². The highest BCUT2D eigenvalue weighted by Gasteiger charge is 2.43. The van der Waals surface area contributed by atoms with Crippen molar-refractivity contribution in [3.05, 3.63) is 41.5 Å². The summed E-state index contributed by atoms with van der Waals surface area (Å²) in [6, 6.07) is 9.77. The number of fused-ring (bicyclic) bond motifs is 1. The van der Waals surface area contributed by atoms with Crippen LogP contribution in [0.5, 0.6) is 0 Å². The number of likely N-dealkylation sites (tertiary alicyclic amines) is 1. The van der Waals surface area contributed by atoms with Crippen LogP contribution < -0.4 is 0 Å². The molecule has 0 N–H and O–H groups in total. The lowest BCUT2D eigenvalue weighted by Crippen LogP contribution is -2.62. The van der Waals surface area contributed by atoms with Crippen LogP contribution in [-0.4, -0.2) is 73.0 Å². The lowest BCUT2D eigenvalue weighted by molar-refractivity contribution is -0.0437. The molecular weight excluding hydrogens is 346 g/mol. The van der Waals surface area contributed by atoms with E-state index in [9.17, 15) is 9.59 Å². The number of hydrazine groups is 1. The van der Waals surface area contributed by atoms with Crippen molar-refractivity contribution in [2.45, 2.75) is 26.3 Å². The van der Waals surface area contributed by atoms with Crippen molar-refractivity contribution >= 4 is 17.8 Å². The standard InChI is InChI=1S/C20H27N3O4/c1-4-26-19(24)22-13-17(15-9-7-6-8-10-15)16-11-12-21(3)14-18(16)23(22)20(25)27-5-2/h6-10,18H,4-5,11-14H2,1-3H3. The third-order valence-electron chi connectivity index (χ3n) is 4.96. The normalized spacial score (nSPS) is 20.3. The number of rotatable bonds is 3. The highest BCUT2D eigenvalue weighted by molar-refractivity contribution is 5.82. The van der Waals surface area contributed by atoms with Gasteiger partial charge in [-0.05, 0) is 44.0 Å². The molecule has 2 amide bonds. The van der Waals surface area contributed by atoms with Gasteiger partial charge in [0.25, 0.3) is 0 Å². The van der Waals surface area contributed by atoms with Crippen LogP contribution in [0.2, 0.25) is 0 Å². The number of benzene rings is 1. The summed E-state index contributed by atoms with van der Waals surface area (Å²) >= 11 is 0. The Hall–Kier alpha value is -2.54. The van der Waals surface area contributed by atoms with Crippen molar-refractivity contribution in [3.63, 3.8) is 0 Å². The fourth-order valence-electron chi connectivity index (χ4n) is 3.73. The summed E-state index contributed by atoms with van der Waals surface area (Å²) in [6.45, 7) is 5.85. The first kappa shape index (κ1) is 19.2. The zero-order valence-electron chi connectivity index (χ0n) is 16.2. The fraction of sp³-hybridized carbons (Fsp3) is 0.500. The molecule has 1 unspecified atom stereocenters. The molecule has 7 nitrogen and oxygen atoms in total. The van der Waals surface area contributed by atoms with Crippen LogP contribution in [0.1, 0.15) is 25.8 Å². The maximum absolute atomic E-state index is 12.7. The summed E-state index contributed by atoms with van der Waals surface area (Å²) in [4.78, 5) is 27.6. The molecule has 0 aliphatic carbocycles. The van der Waals surface area contributed by atoms with Crippen LogP contribution in [0.4, 0.5) is 9.59 Å². The number of likely N-dealkylation sites (N-methyl/N-ethyl adjacent to an activating group) is 1. The quantitative estimate of drug-likeness (QED) is 0.815. The fourth-order valence-corrected chi connectivity index (χ4v) is 3.73. The van der Waals surface area contributed by atoms with Gasteiger partial charge in [-0.2, -0.15) is 0 Å². The lowest BCUT2D eigenvalue weighted by Gasteiger charge is -2.47. The van der Waals surface area contributed by atoms with Gasteiger partial charge in [-0.25, -0.2) is 19.6 Å². The van der Waals surface area contributed by atoms with E-state index in [0.29, 0.717) is 6.54 Å². The monoisotopic (exact) mass is 373 g/mol. The highest BCUT2D eigenvalue weighted by atomic mass is 16.6. The Morgan fingerprint density at radius 3 is 2.41 bits per heavy atom. The predicted octanol–water partition coefficient (Wildman–Crippen LogP) is 2.99. The molecule has 146 valence electrons. The second-order valence-electron chi connectivity index (χ2n) is 6.70. The highest BCUT2D eigenvalue weighted by Crippen LogP contribution is 2.36. The van der Waals surface area contributed by atoms with E-state index in [1.807, 2.05) is 37.4 Å². The minimum Gasteiger partial charge on any atom is -0.448 e. The average molecular weight is 373 g/mol. The first-order chi connectivity index (χ1) is 13.1. The van der Waals surface area contributed by atoms with Gasteiger partial charge in [-0.3, -0.25) is 0 Å². The summed E-state index contributed by atoms with van der Waals surface area (Å²) in [5, 5.41) is 2.83. The first-order valence-corrected chi connectivity index (χ1v) is 9.42. The Balaban J connectivity index is 2.07. The van der Waals surface area contributed by atoms with Crippen molar-refractivity contribution in [1.29, 1.82) is 0 Å². The van der Waals surface area contributed by atoms with Crippen LogP contribution in [0.3, 0.4) is 0 Å². The molecule has 1 fully saturated rings. The summed E-state index contributed by atoms with van der Waals surface area (Å²) < 4.78 is 10.5. The molecule has 0 aromatic heterocycles. The Labute approximate surface area is 160 Å². The Kier molecular flexibility index (Phi) is 6.01. The number of hydrogen-bond donors (Lipinski definition) is 0. The minimum absolute atomic E-state index is 0.244. The van der Waals surface area contributed by atoms with Gasteiger partial charge >= 0.3 is 12.2 Å². The van der Waals surface area contributed by atoms with Gasteiger partial charge in [0.15, 0.2) is 0 Å². The topological polar surface area (TPSA) is 62.3 Å². The van der Waals surface area contributed by atoms with Crippen molar-refractivity contribution in [2.75, 3.05) is 39.9 Å². The van der Waals surface area contributed by atoms with Gasteiger partial charge in [0.1, 0.15) is 0 Å². The van der Waals surface area contributed by atoms with E-state index in [2.05, 4.69) is 4.90 Å². The number of carbonyl (C=O) groups is 2. The summed E-state index contributed by atoms with van der Waals surface area (Å²) in [5.41, 5.74) is 3.34. The van der Waals surface area contributed by atoms with Gasteiger partial charge in [-0.1, -0.05) is 30.3 Å². The molecule has 2 heterocycles. The van der Waals surface area contributed by atoms with Crippen molar-refractivity contribution < 1.29 is 19.1 Å². The van der Waals surface area contributed by atoms with Crippen LogP contribution in [-0.2, 0) is 9.47 Å². The van der Waals surface area contributed by atoms with E-state index in [1.54, 1.807) is 13.8 Å². The van der Waals surface area contributed by atoms with Crippen LogP contribution >= 0.6 is 0 Å². The molecular formula is C20H27N3O4. The Bertz CT molecular complexity index is 719. The number of nitrogens with zero attached hydrogens (tertiary/aromatic N) is 3. The third-order valence-corrected chi connectivity index (χ3v) is 4.96. The zero-order valence-corrected chi connectivity index (χ0v) is 16.2. The summed E-state index contributed by atoms with van der Waals surface area (Å²) in [6.07, 6.45) is -0.209. The van der Waals surface area contributed by atoms with Gasteiger partial charge in [0.05, 0.1) is 25.8 Å². The van der Waals surface area contributed by atoms with E-state index in [4.69, 9.17) is 9.47 Å². The molecule has 1 atom stereocenters. The molecule has 0 bridgehead atoms. The first-order valence-electron chi connectivity index (χ1n) is 9.42. The van der Waals surface area contributed by atoms with E-state index in [1.165, 1.54) is 15.6 Å². The van der Waals surface area contributed by atoms with Crippen molar-refractivity contribution in [1.82, 2.24) is 14.9 Å². The van der Waals surface area contributed by atoms with Gasteiger partial charge in [-0.15, -0.1) is 0 Å². The maximum atomic E-state index is 12.7. The number of piperidine rings is 1. The smallest absolute Gasteiger partial charge is 0.429 e. The second-order valence-corrected chi connectivity index (χ2v) is 6.70. The molecule has 3 rings (SSSR count). The molecule has 2 aliphatic rings. The van der Waals surface area contributed by atoms with Gasteiger partial charge in [0, 0.05) is 13.1 Å². The number of ether oxygens (including phenoxy) is 2. The molecule has 27 heavy (non-hydrogen) atoms. The lowest BCUT2D eigenvalue weighted by atomic mass is 9.87. The SMILES string of the molecule is CCOC(=O)N1CC(c2ccccc2)=C2CCN(C)CC2N1C(=O)OCC. The molecule has 0 spiro atoms. The van der Waals surface area contributed by atoms with Crippen LogP contribution in [0, 0.1) is 0 Å². The van der Waals surface area contributed by atoms with E-state index in [-0.39, 0.29) is 25.8 Å². The van der Waals surface area contributed by atoms with Crippen LogP contribution in [0.15, 0.2) is 35.9 Å².